The van der Waals surface area contributed by atoms with Crippen molar-refractivity contribution in [3.63, 3.8) is 0 Å². The van der Waals surface area contributed by atoms with Crippen LogP contribution >= 0.6 is 0 Å². The number of hydrogen-bond donors (Lipinski definition) is 4. The van der Waals surface area contributed by atoms with Crippen LogP contribution in [0.5, 0.6) is 0 Å². The number of carboxylic acid groups (broad SMARTS) is 2. The molecule has 11 heteroatoms. The highest BCUT2D eigenvalue weighted by atomic mass is 19.1. The van der Waals surface area contributed by atoms with E-state index in [-0.39, 0.29) is 11.5 Å². The van der Waals surface area contributed by atoms with Gasteiger partial charge in [0, 0.05) is 34.4 Å². The molecule has 5 N–H and O–H groups in total. The summed E-state index contributed by atoms with van der Waals surface area (Å²) in [4.78, 5) is 27.8. The normalized spacial score (nSPS) is 10.3. The summed E-state index contributed by atoms with van der Waals surface area (Å²) < 4.78 is 16.4. The number of halogens is 1. The molecule has 5 rings (SSSR count). The molecule has 0 aliphatic carbocycles. The highest BCUT2D eigenvalue weighted by Gasteiger charge is 2.17. The zero-order valence-corrected chi connectivity index (χ0v) is 18.4. The van der Waals surface area contributed by atoms with Crippen LogP contribution in [0.2, 0.25) is 0 Å². The number of anilines is 1. The van der Waals surface area contributed by atoms with Crippen molar-refractivity contribution < 1.29 is 24.2 Å². The molecule has 36 heavy (non-hydrogen) atoms. The molecule has 178 valence electrons. The summed E-state index contributed by atoms with van der Waals surface area (Å²) >= 11 is 0. The third-order valence-electron chi connectivity index (χ3n) is 5.21. The zero-order valence-electron chi connectivity index (χ0n) is 18.4. The predicted molar refractivity (Wildman–Crippen MR) is 130 cm³/mol. The number of rotatable bonds is 3. The average molecular weight is 484 g/mol. The number of carbonyl (C=O) groups is 2. The van der Waals surface area contributed by atoms with Crippen LogP contribution in [0.25, 0.3) is 38.6 Å². The summed E-state index contributed by atoms with van der Waals surface area (Å²) in [6.45, 7) is 0. The van der Waals surface area contributed by atoms with Crippen LogP contribution < -0.4 is 11.1 Å². The molecule has 10 nitrogen and oxygen atoms in total. The molecular weight excluding hydrogens is 467 g/mol. The van der Waals surface area contributed by atoms with E-state index >= 15 is 0 Å². The Bertz CT molecular complexity index is 1650. The van der Waals surface area contributed by atoms with Crippen molar-refractivity contribution in [3.05, 3.63) is 84.4 Å². The van der Waals surface area contributed by atoms with Gasteiger partial charge >= 0.3 is 12.2 Å². The van der Waals surface area contributed by atoms with Gasteiger partial charge < -0.3 is 20.5 Å². The van der Waals surface area contributed by atoms with E-state index in [2.05, 4.69) is 21.0 Å². The molecule has 5 aromatic rings. The molecule has 2 heterocycles. The van der Waals surface area contributed by atoms with Gasteiger partial charge in [-0.2, -0.15) is 5.26 Å². The van der Waals surface area contributed by atoms with Gasteiger partial charge in [-0.1, -0.05) is 30.3 Å². The van der Waals surface area contributed by atoms with E-state index in [9.17, 15) is 9.18 Å². The Morgan fingerprint density at radius 1 is 1.00 bits per heavy atom. The third-order valence-corrected chi connectivity index (χ3v) is 5.21. The second-order valence-electron chi connectivity index (χ2n) is 7.39. The van der Waals surface area contributed by atoms with Crippen LogP contribution in [0.15, 0.2) is 73.1 Å². The molecule has 0 fully saturated rings. The Hall–Kier alpha value is -5.50. The minimum atomic E-state index is -1.33. The van der Waals surface area contributed by atoms with Gasteiger partial charge in [0.05, 0.1) is 16.6 Å². The number of nitriles is 1. The third kappa shape index (κ3) is 4.59. The number of hydrogen-bond acceptors (Lipinski definition) is 5. The Kier molecular flexibility index (Phi) is 6.42. The lowest BCUT2D eigenvalue weighted by Crippen LogP contribution is -2.10. The van der Waals surface area contributed by atoms with Gasteiger partial charge in [0.1, 0.15) is 11.9 Å². The van der Waals surface area contributed by atoms with Crippen LogP contribution in [0.3, 0.4) is 0 Å². The maximum absolute atomic E-state index is 14.4. The van der Waals surface area contributed by atoms with E-state index in [0.29, 0.717) is 11.3 Å². The molecule has 0 saturated carbocycles. The number of amides is 2. The lowest BCUT2D eigenvalue weighted by Gasteiger charge is -2.09. The van der Waals surface area contributed by atoms with Crippen LogP contribution in [-0.4, -0.2) is 36.9 Å². The highest BCUT2D eigenvalue weighted by molar-refractivity contribution is 6.15. The smallest absolute Gasteiger partial charge is 0.411 e. The SMILES string of the molecule is N#Cc1ccc(-n2c3ccccc3c3c(-c4cnc(NC(=O)O)nc4)cccc32)cc1F.NC(=O)O. The average Bonchev–Trinajstić information content (AvgIpc) is 3.18. The molecule has 0 spiro atoms. The quantitative estimate of drug-likeness (QED) is 0.280. The summed E-state index contributed by atoms with van der Waals surface area (Å²) in [6.07, 6.45) is 0.540. The van der Waals surface area contributed by atoms with E-state index in [1.54, 1.807) is 18.5 Å². The molecule has 0 unspecified atom stereocenters. The number of nitrogens with zero attached hydrogens (tertiary/aromatic N) is 4. The van der Waals surface area contributed by atoms with Crippen LogP contribution in [0.4, 0.5) is 19.9 Å². The van der Waals surface area contributed by atoms with Gasteiger partial charge in [0.15, 0.2) is 0 Å². The van der Waals surface area contributed by atoms with Crippen molar-refractivity contribution in [2.75, 3.05) is 5.32 Å². The number of para-hydroxylation sites is 1. The monoisotopic (exact) mass is 484 g/mol. The molecule has 2 aromatic heterocycles. The van der Waals surface area contributed by atoms with Crippen LogP contribution in [0.1, 0.15) is 5.56 Å². The lowest BCUT2D eigenvalue weighted by molar-refractivity contribution is 0.205. The standard InChI is InChI=1S/C24H14FN5O2.CH3NO2/c25-19-10-16(9-8-14(19)11-26)30-20-6-2-1-4-18(20)22-17(5-3-7-21(22)30)15-12-27-23(28-13-15)29-24(31)32;2-1(3)4/h1-10,12-13H,(H,31,32)(H,27,28,29);2H2,(H,3,4). The van der Waals surface area contributed by atoms with Crippen molar-refractivity contribution >= 4 is 39.9 Å². The summed E-state index contributed by atoms with van der Waals surface area (Å²) in [7, 11) is 0. The summed E-state index contributed by atoms with van der Waals surface area (Å²) in [5.41, 5.74) is 7.91. The summed E-state index contributed by atoms with van der Waals surface area (Å²) in [5.74, 6) is -0.592. The Morgan fingerprint density at radius 3 is 2.31 bits per heavy atom. The number of aromatic nitrogens is 3. The minimum absolute atomic E-state index is 0.0103. The second kappa shape index (κ2) is 9.78. The van der Waals surface area contributed by atoms with E-state index in [0.717, 1.165) is 27.4 Å². The fourth-order valence-corrected chi connectivity index (χ4v) is 3.90. The molecule has 0 saturated heterocycles. The predicted octanol–water partition coefficient (Wildman–Crippen LogP) is 4.96. The van der Waals surface area contributed by atoms with E-state index in [4.69, 9.17) is 20.3 Å². The van der Waals surface area contributed by atoms with Crippen molar-refractivity contribution in [2.45, 2.75) is 0 Å². The number of nitrogens with two attached hydrogens (primary N) is 1. The van der Waals surface area contributed by atoms with E-state index < -0.39 is 18.0 Å². The maximum atomic E-state index is 14.4. The first-order valence-electron chi connectivity index (χ1n) is 10.3. The number of primary amides is 1. The first-order valence-corrected chi connectivity index (χ1v) is 10.3. The first-order chi connectivity index (χ1) is 17.3. The van der Waals surface area contributed by atoms with Gasteiger partial charge in [0.2, 0.25) is 5.95 Å². The molecule has 0 atom stereocenters. The van der Waals surface area contributed by atoms with E-state index in [1.807, 2.05) is 53.1 Å². The largest absolute Gasteiger partial charge is 0.465 e. The van der Waals surface area contributed by atoms with Gasteiger partial charge in [-0.05, 0) is 35.9 Å². The van der Waals surface area contributed by atoms with Crippen LogP contribution in [0, 0.1) is 17.1 Å². The van der Waals surface area contributed by atoms with E-state index in [1.165, 1.54) is 12.1 Å². The summed E-state index contributed by atoms with van der Waals surface area (Å²) in [6, 6.07) is 19.9. The fraction of sp³-hybridized carbons (Fsp3) is 0. The Morgan fingerprint density at radius 2 is 1.67 bits per heavy atom. The molecule has 0 aliphatic heterocycles. The summed E-state index contributed by atoms with van der Waals surface area (Å²) in [5, 5.41) is 29.1. The van der Waals surface area contributed by atoms with Gasteiger partial charge in [-0.15, -0.1) is 0 Å². The zero-order chi connectivity index (χ0) is 25.8. The molecule has 0 bridgehead atoms. The Balaban J connectivity index is 0.000000709. The number of benzene rings is 3. The molecule has 2 amide bonds. The fourth-order valence-electron chi connectivity index (χ4n) is 3.90. The van der Waals surface area contributed by atoms with Crippen molar-refractivity contribution in [2.24, 2.45) is 5.73 Å². The van der Waals surface area contributed by atoms with Crippen LogP contribution in [-0.2, 0) is 0 Å². The second-order valence-corrected chi connectivity index (χ2v) is 7.39. The topological polar surface area (TPSA) is 167 Å². The Labute approximate surface area is 202 Å². The number of fused-ring (bicyclic) bond motifs is 3. The van der Waals surface area contributed by atoms with Crippen molar-refractivity contribution in [3.8, 4) is 22.9 Å². The van der Waals surface area contributed by atoms with Gasteiger partial charge in [-0.3, -0.25) is 5.32 Å². The molecule has 3 aromatic carbocycles. The molecule has 0 radical (unpaired) electrons. The van der Waals surface area contributed by atoms with Crippen molar-refractivity contribution in [1.29, 1.82) is 5.26 Å². The lowest BCUT2D eigenvalue weighted by atomic mass is 10.0. The van der Waals surface area contributed by atoms with Crippen molar-refractivity contribution in [1.82, 2.24) is 14.5 Å². The maximum Gasteiger partial charge on any atom is 0.411 e. The molecular formula is C25H17FN6O4. The number of nitrogens with one attached hydrogen (secondary N) is 1. The first kappa shape index (κ1) is 23.7. The van der Waals surface area contributed by atoms with Gasteiger partial charge in [0.25, 0.3) is 0 Å². The molecule has 0 aliphatic rings. The minimum Gasteiger partial charge on any atom is -0.465 e. The highest BCUT2D eigenvalue weighted by Crippen LogP contribution is 2.38. The van der Waals surface area contributed by atoms with Gasteiger partial charge in [-0.25, -0.2) is 23.9 Å².